The Morgan fingerprint density at radius 1 is 1.33 bits per heavy atom. The van der Waals surface area contributed by atoms with Crippen LogP contribution >= 0.6 is 11.3 Å². The SMILES string of the molecule is Cc1nnc(N2OCc3ccccc32)s1. The summed E-state index contributed by atoms with van der Waals surface area (Å²) in [4.78, 5) is 5.56. The van der Waals surface area contributed by atoms with E-state index < -0.39 is 0 Å². The molecule has 0 fully saturated rings. The van der Waals surface area contributed by atoms with Gasteiger partial charge in [-0.2, -0.15) is 5.06 Å². The predicted octanol–water partition coefficient (Wildman–Crippen LogP) is 2.43. The molecule has 1 aromatic carbocycles. The molecule has 0 atom stereocenters. The van der Waals surface area contributed by atoms with E-state index in [0.29, 0.717) is 6.61 Å². The highest BCUT2D eigenvalue weighted by Crippen LogP contribution is 2.36. The lowest BCUT2D eigenvalue weighted by Crippen LogP contribution is -2.10. The van der Waals surface area contributed by atoms with E-state index in [4.69, 9.17) is 4.84 Å². The number of aromatic nitrogens is 2. The average Bonchev–Trinajstić information content (AvgIpc) is 2.83. The lowest BCUT2D eigenvalue weighted by molar-refractivity contribution is 0.145. The maximum Gasteiger partial charge on any atom is 0.236 e. The summed E-state index contributed by atoms with van der Waals surface area (Å²) < 4.78 is 0. The number of benzene rings is 1. The van der Waals surface area contributed by atoms with Gasteiger partial charge in [-0.25, -0.2) is 0 Å². The molecule has 0 bridgehead atoms. The highest BCUT2D eigenvalue weighted by atomic mass is 32.1. The second-order valence-corrected chi connectivity index (χ2v) is 4.46. The summed E-state index contributed by atoms with van der Waals surface area (Å²) in [7, 11) is 0. The first kappa shape index (κ1) is 8.82. The lowest BCUT2D eigenvalue weighted by Gasteiger charge is -2.12. The first-order chi connectivity index (χ1) is 7.34. The fourth-order valence-electron chi connectivity index (χ4n) is 1.56. The highest BCUT2D eigenvalue weighted by molar-refractivity contribution is 7.15. The second kappa shape index (κ2) is 3.29. The van der Waals surface area contributed by atoms with Gasteiger partial charge in [0.05, 0.1) is 5.69 Å². The Labute approximate surface area is 91.1 Å². The maximum absolute atomic E-state index is 5.56. The van der Waals surface area contributed by atoms with E-state index in [1.54, 1.807) is 5.06 Å². The Kier molecular flexibility index (Phi) is 1.93. The average molecular weight is 219 g/mol. The van der Waals surface area contributed by atoms with E-state index in [9.17, 15) is 0 Å². The smallest absolute Gasteiger partial charge is 0.236 e. The number of para-hydroxylation sites is 1. The van der Waals surface area contributed by atoms with Crippen LogP contribution in [0, 0.1) is 6.92 Å². The molecule has 0 saturated carbocycles. The molecule has 3 rings (SSSR count). The van der Waals surface area contributed by atoms with E-state index in [1.807, 2.05) is 25.1 Å². The molecular formula is C10H9N3OS. The van der Waals surface area contributed by atoms with Crippen LogP contribution in [0.2, 0.25) is 0 Å². The first-order valence-corrected chi connectivity index (χ1v) is 5.47. The van der Waals surface area contributed by atoms with Gasteiger partial charge in [-0.3, -0.25) is 4.84 Å². The molecule has 1 aliphatic heterocycles. The molecule has 0 spiro atoms. The normalized spacial score (nSPS) is 14.3. The third-order valence-corrected chi connectivity index (χ3v) is 3.06. The number of aryl methyl sites for hydroxylation is 1. The van der Waals surface area contributed by atoms with Crippen LogP contribution < -0.4 is 5.06 Å². The molecule has 1 aromatic heterocycles. The number of rotatable bonds is 1. The minimum absolute atomic E-state index is 0.606. The van der Waals surface area contributed by atoms with Crippen molar-refractivity contribution in [3.05, 3.63) is 34.8 Å². The van der Waals surface area contributed by atoms with Crippen LogP contribution in [0.4, 0.5) is 10.8 Å². The zero-order chi connectivity index (χ0) is 10.3. The molecule has 76 valence electrons. The molecule has 5 heteroatoms. The van der Waals surface area contributed by atoms with Gasteiger partial charge in [0.15, 0.2) is 0 Å². The van der Waals surface area contributed by atoms with E-state index in [2.05, 4.69) is 16.3 Å². The van der Waals surface area contributed by atoms with E-state index in [0.717, 1.165) is 15.8 Å². The minimum Gasteiger partial charge on any atom is -0.261 e. The van der Waals surface area contributed by atoms with Crippen LogP contribution in [0.5, 0.6) is 0 Å². The fourth-order valence-corrected chi connectivity index (χ4v) is 2.22. The topological polar surface area (TPSA) is 38.2 Å². The highest BCUT2D eigenvalue weighted by Gasteiger charge is 2.23. The van der Waals surface area contributed by atoms with Crippen LogP contribution in [-0.4, -0.2) is 10.2 Å². The van der Waals surface area contributed by atoms with Gasteiger partial charge in [-0.05, 0) is 13.0 Å². The van der Waals surface area contributed by atoms with E-state index >= 15 is 0 Å². The summed E-state index contributed by atoms with van der Waals surface area (Å²) in [5.74, 6) is 0. The van der Waals surface area contributed by atoms with Crippen LogP contribution in [0.3, 0.4) is 0 Å². The summed E-state index contributed by atoms with van der Waals surface area (Å²) in [6, 6.07) is 8.09. The molecule has 1 aliphatic rings. The van der Waals surface area contributed by atoms with Crippen molar-refractivity contribution < 1.29 is 4.84 Å². The molecule has 0 saturated heterocycles. The summed E-state index contributed by atoms with van der Waals surface area (Å²) in [6.07, 6.45) is 0. The number of hydrogen-bond acceptors (Lipinski definition) is 5. The van der Waals surface area contributed by atoms with Crippen molar-refractivity contribution in [2.24, 2.45) is 0 Å². The number of hydrogen-bond donors (Lipinski definition) is 0. The van der Waals surface area contributed by atoms with Crippen molar-refractivity contribution in [3.63, 3.8) is 0 Å². The summed E-state index contributed by atoms with van der Waals surface area (Å²) in [6.45, 7) is 2.54. The van der Waals surface area contributed by atoms with E-state index in [-0.39, 0.29) is 0 Å². The molecule has 0 aliphatic carbocycles. The molecular weight excluding hydrogens is 210 g/mol. The maximum atomic E-state index is 5.56. The van der Waals surface area contributed by atoms with Crippen molar-refractivity contribution in [3.8, 4) is 0 Å². The van der Waals surface area contributed by atoms with Gasteiger partial charge in [0.2, 0.25) is 5.13 Å². The van der Waals surface area contributed by atoms with Crippen LogP contribution in [0.25, 0.3) is 0 Å². The molecule has 0 amide bonds. The molecule has 0 radical (unpaired) electrons. The summed E-state index contributed by atoms with van der Waals surface area (Å²) in [5, 5.41) is 11.5. The molecule has 0 N–H and O–H groups in total. The van der Waals surface area contributed by atoms with Crippen molar-refractivity contribution >= 4 is 22.2 Å². The van der Waals surface area contributed by atoms with Crippen LogP contribution in [-0.2, 0) is 11.4 Å². The van der Waals surface area contributed by atoms with Gasteiger partial charge in [-0.1, -0.05) is 29.5 Å². The molecule has 2 aromatic rings. The summed E-state index contributed by atoms with van der Waals surface area (Å²) in [5.41, 5.74) is 2.25. The third kappa shape index (κ3) is 1.40. The van der Waals surface area contributed by atoms with Gasteiger partial charge in [0.1, 0.15) is 11.6 Å². The van der Waals surface area contributed by atoms with E-state index in [1.165, 1.54) is 16.9 Å². The number of anilines is 2. The Bertz CT molecular complexity index is 497. The van der Waals surface area contributed by atoms with Gasteiger partial charge in [0, 0.05) is 5.56 Å². The Hall–Kier alpha value is -1.46. The Morgan fingerprint density at radius 2 is 2.20 bits per heavy atom. The van der Waals surface area contributed by atoms with Gasteiger partial charge >= 0.3 is 0 Å². The second-order valence-electron chi connectivity index (χ2n) is 3.30. The van der Waals surface area contributed by atoms with Gasteiger partial charge < -0.3 is 0 Å². The van der Waals surface area contributed by atoms with Gasteiger partial charge in [0.25, 0.3) is 0 Å². The molecule has 4 nitrogen and oxygen atoms in total. The van der Waals surface area contributed by atoms with Gasteiger partial charge in [-0.15, -0.1) is 10.2 Å². The largest absolute Gasteiger partial charge is 0.261 e. The summed E-state index contributed by atoms with van der Waals surface area (Å²) >= 11 is 1.53. The van der Waals surface area contributed by atoms with Crippen molar-refractivity contribution in [1.82, 2.24) is 10.2 Å². The first-order valence-electron chi connectivity index (χ1n) is 4.65. The van der Waals surface area contributed by atoms with Crippen molar-refractivity contribution in [1.29, 1.82) is 0 Å². The quantitative estimate of drug-likeness (QED) is 0.738. The fraction of sp³-hybridized carbons (Fsp3) is 0.200. The number of fused-ring (bicyclic) bond motifs is 1. The zero-order valence-corrected chi connectivity index (χ0v) is 8.99. The Balaban J connectivity index is 2.04. The third-order valence-electron chi connectivity index (χ3n) is 2.25. The predicted molar refractivity (Wildman–Crippen MR) is 58.0 cm³/mol. The van der Waals surface area contributed by atoms with Crippen LogP contribution in [0.1, 0.15) is 10.6 Å². The monoisotopic (exact) mass is 219 g/mol. The molecule has 2 heterocycles. The standard InChI is InChI=1S/C10H9N3OS/c1-7-11-12-10(15-7)13-9-5-3-2-4-8(9)6-14-13/h2-5H,6H2,1H3. The zero-order valence-electron chi connectivity index (χ0n) is 8.17. The minimum atomic E-state index is 0.606. The number of nitrogens with zero attached hydrogens (tertiary/aromatic N) is 3. The van der Waals surface area contributed by atoms with Crippen LogP contribution in [0.15, 0.2) is 24.3 Å². The van der Waals surface area contributed by atoms with Crippen molar-refractivity contribution in [2.45, 2.75) is 13.5 Å². The Morgan fingerprint density at radius 3 is 3.00 bits per heavy atom. The van der Waals surface area contributed by atoms with Crippen molar-refractivity contribution in [2.75, 3.05) is 5.06 Å². The molecule has 15 heavy (non-hydrogen) atoms. The molecule has 0 unspecified atom stereocenters. The lowest BCUT2D eigenvalue weighted by atomic mass is 10.2.